The highest BCUT2D eigenvalue weighted by molar-refractivity contribution is 7.89. The molecule has 1 aromatic rings. The summed E-state index contributed by atoms with van der Waals surface area (Å²) in [6.07, 6.45) is -0.409. The van der Waals surface area contributed by atoms with Gasteiger partial charge in [0.1, 0.15) is 0 Å². The first kappa shape index (κ1) is 15.9. The fraction of sp³-hybridized carbons (Fsp3) is 0.538. The topological polar surface area (TPSA) is 89.8 Å². The van der Waals surface area contributed by atoms with E-state index in [-0.39, 0.29) is 35.9 Å². The molecule has 0 bridgehead atoms. The van der Waals surface area contributed by atoms with Gasteiger partial charge in [-0.3, -0.25) is 10.1 Å². The number of hydrogen-bond acceptors (Lipinski definition) is 5. The predicted octanol–water partition coefficient (Wildman–Crippen LogP) is 1.70. The van der Waals surface area contributed by atoms with Crippen LogP contribution < -0.4 is 0 Å². The third-order valence-corrected chi connectivity index (χ3v) is 5.23. The number of aryl methyl sites for hydroxylation is 1. The Bertz CT molecular complexity index is 649. The van der Waals surface area contributed by atoms with Crippen LogP contribution in [-0.4, -0.2) is 42.9 Å². The van der Waals surface area contributed by atoms with Gasteiger partial charge in [0.25, 0.3) is 5.69 Å². The lowest BCUT2D eigenvalue weighted by Crippen LogP contribution is -2.48. The molecule has 0 radical (unpaired) electrons. The van der Waals surface area contributed by atoms with Gasteiger partial charge in [-0.05, 0) is 26.8 Å². The first-order chi connectivity index (χ1) is 9.71. The van der Waals surface area contributed by atoms with Gasteiger partial charge in [0.05, 0.1) is 22.0 Å². The van der Waals surface area contributed by atoms with Crippen molar-refractivity contribution in [2.75, 3.05) is 13.1 Å². The minimum Gasteiger partial charge on any atom is -0.373 e. The lowest BCUT2D eigenvalue weighted by atomic mass is 10.2. The zero-order chi connectivity index (χ0) is 15.8. The highest BCUT2D eigenvalue weighted by Crippen LogP contribution is 2.26. The lowest BCUT2D eigenvalue weighted by molar-refractivity contribution is -0.385. The third kappa shape index (κ3) is 3.22. The second-order valence-corrected chi connectivity index (χ2v) is 7.22. The molecule has 2 atom stereocenters. The van der Waals surface area contributed by atoms with Crippen molar-refractivity contribution in [3.63, 3.8) is 0 Å². The average Bonchev–Trinajstić information content (AvgIpc) is 2.37. The van der Waals surface area contributed by atoms with Gasteiger partial charge in [-0.1, -0.05) is 6.07 Å². The van der Waals surface area contributed by atoms with E-state index in [0.29, 0.717) is 5.56 Å². The van der Waals surface area contributed by atoms with Crippen LogP contribution in [0.15, 0.2) is 23.1 Å². The summed E-state index contributed by atoms with van der Waals surface area (Å²) in [4.78, 5) is 10.3. The van der Waals surface area contributed by atoms with Crippen molar-refractivity contribution in [1.82, 2.24) is 4.31 Å². The van der Waals surface area contributed by atoms with Crippen LogP contribution in [0.3, 0.4) is 0 Å². The molecule has 0 amide bonds. The smallest absolute Gasteiger partial charge is 0.273 e. The minimum atomic E-state index is -3.75. The number of nitro groups is 1. The number of hydrogen-bond donors (Lipinski definition) is 0. The fourth-order valence-corrected chi connectivity index (χ4v) is 4.03. The molecule has 7 nitrogen and oxygen atoms in total. The maximum absolute atomic E-state index is 12.6. The number of benzene rings is 1. The van der Waals surface area contributed by atoms with E-state index in [1.54, 1.807) is 20.8 Å². The Morgan fingerprint density at radius 1 is 1.29 bits per heavy atom. The Morgan fingerprint density at radius 2 is 1.86 bits per heavy atom. The molecule has 2 rings (SSSR count). The molecule has 1 saturated heterocycles. The molecule has 0 aromatic heterocycles. The van der Waals surface area contributed by atoms with E-state index in [0.717, 1.165) is 6.07 Å². The van der Waals surface area contributed by atoms with Crippen molar-refractivity contribution in [1.29, 1.82) is 0 Å². The van der Waals surface area contributed by atoms with Crippen LogP contribution in [0.2, 0.25) is 0 Å². The summed E-state index contributed by atoms with van der Waals surface area (Å²) in [7, 11) is -3.75. The zero-order valence-electron chi connectivity index (χ0n) is 12.1. The molecule has 0 spiro atoms. The Kier molecular flexibility index (Phi) is 4.31. The summed E-state index contributed by atoms with van der Waals surface area (Å²) in [5.74, 6) is 0. The van der Waals surface area contributed by atoms with Crippen LogP contribution in [0.5, 0.6) is 0 Å². The first-order valence-corrected chi connectivity index (χ1v) is 8.06. The molecule has 21 heavy (non-hydrogen) atoms. The van der Waals surface area contributed by atoms with Crippen LogP contribution in [-0.2, 0) is 14.8 Å². The lowest BCUT2D eigenvalue weighted by Gasteiger charge is -2.34. The first-order valence-electron chi connectivity index (χ1n) is 6.62. The molecule has 1 heterocycles. The summed E-state index contributed by atoms with van der Waals surface area (Å²) >= 11 is 0. The summed E-state index contributed by atoms with van der Waals surface area (Å²) in [6, 6.07) is 3.98. The van der Waals surface area contributed by atoms with Crippen molar-refractivity contribution < 1.29 is 18.1 Å². The van der Waals surface area contributed by atoms with Crippen molar-refractivity contribution in [3.8, 4) is 0 Å². The Balaban J connectivity index is 2.40. The molecular formula is C13H18N2O5S. The molecule has 8 heteroatoms. The zero-order valence-corrected chi connectivity index (χ0v) is 13.0. The van der Waals surface area contributed by atoms with Gasteiger partial charge in [-0.25, -0.2) is 8.42 Å². The van der Waals surface area contributed by atoms with Gasteiger partial charge in [0, 0.05) is 24.7 Å². The minimum absolute atomic E-state index is 0.0545. The fourth-order valence-electron chi connectivity index (χ4n) is 2.42. The largest absolute Gasteiger partial charge is 0.373 e. The molecular weight excluding hydrogens is 296 g/mol. The van der Waals surface area contributed by atoms with Crippen molar-refractivity contribution >= 4 is 15.7 Å². The standard InChI is InChI=1S/C13H18N2O5S/c1-9-4-5-12(6-13(9)15(16)17)21(18,19)14-7-10(2)20-11(3)8-14/h4-6,10-11H,7-8H2,1-3H3/t10-,11-/m1/s1. The second kappa shape index (κ2) is 5.70. The predicted molar refractivity (Wildman–Crippen MR) is 76.6 cm³/mol. The molecule has 116 valence electrons. The number of rotatable bonds is 3. The quantitative estimate of drug-likeness (QED) is 0.625. The summed E-state index contributed by atoms with van der Waals surface area (Å²) < 4.78 is 32.1. The molecule has 0 aliphatic carbocycles. The van der Waals surface area contributed by atoms with E-state index in [9.17, 15) is 18.5 Å². The molecule has 0 saturated carbocycles. The average molecular weight is 314 g/mol. The van der Waals surface area contributed by atoms with Gasteiger partial charge in [0.15, 0.2) is 0 Å². The number of nitrogens with zero attached hydrogens (tertiary/aromatic N) is 2. The SMILES string of the molecule is Cc1ccc(S(=O)(=O)N2C[C@@H](C)O[C@H](C)C2)cc1[N+](=O)[O-]. The van der Waals surface area contributed by atoms with Crippen LogP contribution >= 0.6 is 0 Å². The van der Waals surface area contributed by atoms with Crippen LogP contribution in [0, 0.1) is 17.0 Å². The molecule has 1 aliphatic rings. The van der Waals surface area contributed by atoms with Gasteiger partial charge in [-0.15, -0.1) is 0 Å². The maximum atomic E-state index is 12.6. The number of nitro benzene ring substituents is 1. The van der Waals surface area contributed by atoms with Gasteiger partial charge in [0.2, 0.25) is 10.0 Å². The van der Waals surface area contributed by atoms with E-state index in [2.05, 4.69) is 0 Å². The highest BCUT2D eigenvalue weighted by Gasteiger charge is 2.33. The van der Waals surface area contributed by atoms with Crippen LogP contribution in [0.1, 0.15) is 19.4 Å². The Morgan fingerprint density at radius 3 is 2.38 bits per heavy atom. The van der Waals surface area contributed by atoms with E-state index >= 15 is 0 Å². The van der Waals surface area contributed by atoms with E-state index in [4.69, 9.17) is 4.74 Å². The van der Waals surface area contributed by atoms with Gasteiger partial charge in [-0.2, -0.15) is 4.31 Å². The van der Waals surface area contributed by atoms with Crippen molar-refractivity contribution in [3.05, 3.63) is 33.9 Å². The maximum Gasteiger partial charge on any atom is 0.273 e. The summed E-state index contributed by atoms with van der Waals surface area (Å²) in [6.45, 7) is 5.67. The molecule has 1 aliphatic heterocycles. The van der Waals surface area contributed by atoms with Crippen molar-refractivity contribution in [2.45, 2.75) is 37.9 Å². The Hall–Kier alpha value is -1.51. The third-order valence-electron chi connectivity index (χ3n) is 3.40. The van der Waals surface area contributed by atoms with Gasteiger partial charge >= 0.3 is 0 Å². The van der Waals surface area contributed by atoms with E-state index < -0.39 is 14.9 Å². The molecule has 0 N–H and O–H groups in total. The molecule has 1 fully saturated rings. The number of ether oxygens (including phenoxy) is 1. The monoisotopic (exact) mass is 314 g/mol. The van der Waals surface area contributed by atoms with Crippen LogP contribution in [0.25, 0.3) is 0 Å². The van der Waals surface area contributed by atoms with Crippen LogP contribution in [0.4, 0.5) is 5.69 Å². The second-order valence-electron chi connectivity index (χ2n) is 5.28. The van der Waals surface area contributed by atoms with E-state index in [1.807, 2.05) is 0 Å². The van der Waals surface area contributed by atoms with Crippen molar-refractivity contribution in [2.24, 2.45) is 0 Å². The number of sulfonamides is 1. The Labute approximate surface area is 123 Å². The highest BCUT2D eigenvalue weighted by atomic mass is 32.2. The van der Waals surface area contributed by atoms with Gasteiger partial charge < -0.3 is 4.74 Å². The van der Waals surface area contributed by atoms with E-state index in [1.165, 1.54) is 16.4 Å². The number of morpholine rings is 1. The normalized spacial score (nSPS) is 24.0. The molecule has 0 unspecified atom stereocenters. The molecule has 1 aromatic carbocycles. The summed E-state index contributed by atoms with van der Waals surface area (Å²) in [5.41, 5.74) is 0.244. The summed E-state index contributed by atoms with van der Waals surface area (Å²) in [5, 5.41) is 11.0.